The lowest BCUT2D eigenvalue weighted by atomic mass is 10.1. The van der Waals surface area contributed by atoms with Crippen molar-refractivity contribution in [3.05, 3.63) is 149 Å². The number of amides is 1. The van der Waals surface area contributed by atoms with E-state index < -0.39 is 11.9 Å². The number of aliphatic imine (C=N–C) groups is 1. The van der Waals surface area contributed by atoms with Crippen LogP contribution in [0, 0.1) is 12.8 Å². The van der Waals surface area contributed by atoms with E-state index in [-0.39, 0.29) is 17.9 Å². The lowest BCUT2D eigenvalue weighted by molar-refractivity contribution is -0.135. The molecule has 2 heterocycles. The summed E-state index contributed by atoms with van der Waals surface area (Å²) >= 11 is 15.3. The predicted molar refractivity (Wildman–Crippen MR) is 583 cm³/mol. The van der Waals surface area contributed by atoms with Crippen molar-refractivity contribution in [3.8, 4) is 12.8 Å². The van der Waals surface area contributed by atoms with E-state index in [0.29, 0.717) is 21.6 Å². The number of imidazole rings is 2. The van der Waals surface area contributed by atoms with E-state index in [1.807, 2.05) is 89.8 Å². The number of methoxy groups -OCH3 is 4. The molecule has 5 aromatic carbocycles. The van der Waals surface area contributed by atoms with E-state index in [1.165, 1.54) is 65.2 Å². The summed E-state index contributed by atoms with van der Waals surface area (Å²) in [6.07, 6.45) is 26.3. The SMILES string of the molecule is CCCN=C=S.CCCNC(=S)N(CCN(CC)CC)c1ccc(/C=C/C(=O)OC)cc1N.CCCNC(=S)Nc1cc(/C=C/C(=O)OC)ccc1NCCN(CC)CC.CCCNc1nc2cc(/C=C/C(=O)NO)ccc2n1CCN(CC)CC.CCCNc1nc2cc(/C=C/C(=O)OC)ccc2n1CCN(CC)CC.CCN(CC)CCNc1ccc(/C=C/C(=O)OC)cc1N.NO.[2H]C#C. The van der Waals surface area contributed by atoms with Crippen molar-refractivity contribution < 1.29 is 54.7 Å². The second-order valence-corrected chi connectivity index (χ2v) is 30.9. The topological polar surface area (TPSA) is 404 Å². The molecule has 0 aliphatic rings. The number of esters is 4. The maximum absolute atomic E-state index is 11.3. The van der Waals surface area contributed by atoms with Gasteiger partial charge in [-0.05, 0) is 253 Å². The van der Waals surface area contributed by atoms with Gasteiger partial charge in [0.15, 0.2) is 10.2 Å². The van der Waals surface area contributed by atoms with E-state index in [1.54, 1.807) is 35.9 Å². The summed E-state index contributed by atoms with van der Waals surface area (Å²) in [7, 11) is 5.44. The normalized spacial score (nSPS) is 10.8. The number of nitrogens with zero attached hydrogens (tertiary/aromatic N) is 11. The number of fused-ring (bicyclic) bond motifs is 2. The van der Waals surface area contributed by atoms with Gasteiger partial charge in [0.05, 0.1) is 89.8 Å². The summed E-state index contributed by atoms with van der Waals surface area (Å²) in [6.45, 7) is 55.7. The number of carbonyl (C=O) groups excluding carboxylic acids is 5. The van der Waals surface area contributed by atoms with Gasteiger partial charge < -0.3 is 111 Å². The van der Waals surface area contributed by atoms with Crippen molar-refractivity contribution >= 4 is 180 Å². The number of rotatable bonds is 51. The molecule has 0 bridgehead atoms. The fourth-order valence-corrected chi connectivity index (χ4v) is 13.5. The Labute approximate surface area is 833 Å². The van der Waals surface area contributed by atoms with Gasteiger partial charge in [-0.3, -0.25) is 10.0 Å². The maximum Gasteiger partial charge on any atom is 0.330 e. The molecule has 0 aliphatic carbocycles. The second kappa shape index (κ2) is 78.4. The third-order valence-corrected chi connectivity index (χ3v) is 21.6. The van der Waals surface area contributed by atoms with Crippen LogP contribution in [0.4, 0.5) is 46.0 Å². The molecular formula is C101H160N22O11S3. The molecule has 36 heteroatoms. The number of thiocarbonyl (C=S) groups is 3. The first-order valence-electron chi connectivity index (χ1n) is 47.6. The van der Waals surface area contributed by atoms with Crippen LogP contribution >= 0.6 is 36.7 Å². The monoisotopic (exact) mass is 1950 g/mol. The Bertz CT molecular complexity index is 4750. The third kappa shape index (κ3) is 51.3. The van der Waals surface area contributed by atoms with Crippen LogP contribution in [-0.4, -0.2) is 278 Å². The summed E-state index contributed by atoms with van der Waals surface area (Å²) < 4.78 is 28.6. The van der Waals surface area contributed by atoms with Crippen LogP contribution in [-0.2, 0) is 56.0 Å². The number of benzene rings is 5. The van der Waals surface area contributed by atoms with E-state index >= 15 is 0 Å². The molecule has 7 aromatic rings. The highest BCUT2D eigenvalue weighted by Crippen LogP contribution is 2.29. The number of carbonyl (C=O) groups is 5. The molecule has 137 heavy (non-hydrogen) atoms. The van der Waals surface area contributed by atoms with Crippen molar-refractivity contribution in [2.24, 2.45) is 10.9 Å². The van der Waals surface area contributed by atoms with Gasteiger partial charge in [-0.1, -0.05) is 134 Å². The van der Waals surface area contributed by atoms with Crippen LogP contribution in [0.15, 0.2) is 126 Å². The van der Waals surface area contributed by atoms with Crippen LogP contribution in [0.25, 0.3) is 52.4 Å². The molecule has 0 aliphatic heterocycles. The molecule has 0 spiro atoms. The van der Waals surface area contributed by atoms with Gasteiger partial charge in [0, 0.05) is 129 Å². The smallest absolute Gasteiger partial charge is 0.330 e. The molecule has 0 saturated heterocycles. The number of anilines is 8. The Morgan fingerprint density at radius 1 is 0.453 bits per heavy atom. The lowest BCUT2D eigenvalue weighted by Gasteiger charge is -2.30. The first kappa shape index (κ1) is 123. The third-order valence-electron chi connectivity index (χ3n) is 20.9. The Kier molecular flexibility index (Phi) is 70.5. The zero-order valence-electron chi connectivity index (χ0n) is 85.7. The Balaban J connectivity index is 0.00000166. The van der Waals surface area contributed by atoms with Crippen LogP contribution < -0.4 is 65.0 Å². The number of nitrogens with one attached hydrogen (secondary N) is 8. The number of aromatic nitrogens is 4. The molecule has 16 N–H and O–H groups in total. The van der Waals surface area contributed by atoms with E-state index in [0.717, 1.165) is 280 Å². The minimum Gasteiger partial charge on any atom is -0.466 e. The summed E-state index contributed by atoms with van der Waals surface area (Å²) in [5, 5.41) is 42.0. The molecule has 7 rings (SSSR count). The molecule has 2 aromatic heterocycles. The molecule has 0 unspecified atom stereocenters. The molecule has 0 radical (unpaired) electrons. The maximum atomic E-state index is 11.3. The second-order valence-electron chi connectivity index (χ2n) is 30.0. The van der Waals surface area contributed by atoms with E-state index in [9.17, 15) is 24.0 Å². The van der Waals surface area contributed by atoms with Crippen molar-refractivity contribution in [2.75, 3.05) is 222 Å². The van der Waals surface area contributed by atoms with Gasteiger partial charge in [-0.2, -0.15) is 0 Å². The number of nitrogen functional groups attached to an aromatic ring is 2. The van der Waals surface area contributed by atoms with Gasteiger partial charge >= 0.3 is 23.9 Å². The van der Waals surface area contributed by atoms with E-state index in [4.69, 9.17) is 57.7 Å². The fourth-order valence-electron chi connectivity index (χ4n) is 12.9. The minimum absolute atomic E-state index is 0.361. The van der Waals surface area contributed by atoms with Crippen LogP contribution in [0.5, 0.6) is 0 Å². The highest BCUT2D eigenvalue weighted by Gasteiger charge is 2.19. The number of hydroxylamine groups is 1. The van der Waals surface area contributed by atoms with Gasteiger partial charge in [0.1, 0.15) is 1.37 Å². The molecule has 0 atom stereocenters. The number of nitrogens with two attached hydrogens (primary N) is 3. The summed E-state index contributed by atoms with van der Waals surface area (Å²) in [5.41, 5.74) is 27.2. The first-order chi connectivity index (χ1) is 66.7. The van der Waals surface area contributed by atoms with E-state index in [2.05, 4.69) is 234 Å². The standard InChI is InChI=1S/2C20H32N4O2S.C20H30N4O2.C19H29N5O2.C16H25N3O2.C4H7NS.C2H2.H3NO/c1-5-12-22-20(27)24(14-13-23(6-2)7-3)18-10-8-16(15-17(18)21)9-11-19(25)26-4;1-5-12-22-20(27)23-18-15-16(9-11-19(25)26-4)8-10-17(18)21-13-14-24(6-2)7-3;1-5-12-21-20-22-17-15-16(9-11-19(25)26-4)8-10-18(17)24(20)14-13-23(6-2)7-3;1-4-11-20-19-21-16-14-15(8-10-18(25)22-26)7-9-17(16)24(19)13-12-23(5-2)6-3;1-4-19(5-2)11-10-18-15-8-6-13(12-14(15)17)7-9-16(20)21-3;1-2-3-5-4-6;2*1-2/h8-11,15H,5-7,12-14,21H2,1-4H3,(H,22,27);8-11,15,21H,5-7,12-14H2,1-4H3,(H2,22,23,27);8-11,15H,5-7,12-14H2,1-4H3,(H,21,22);7-10,14,26H,4-6,11-13H2,1-3H3,(H,20,21)(H,22,25);6-9,12,18H,4-5,10-11,17H2,1-3H3;2-3H2,1H3;1-2H;2H,1H2/b3*11-9+;10-8+;9-7+;;;/i;;;;;;1D;. The zero-order chi connectivity index (χ0) is 103. The number of terminal acetylenes is 1. The molecule has 758 valence electrons. The average molecular weight is 1960 g/mol. The Morgan fingerprint density at radius 2 is 0.810 bits per heavy atom. The molecule has 0 saturated carbocycles. The van der Waals surface area contributed by atoms with Crippen molar-refractivity contribution in [2.45, 2.75) is 149 Å². The van der Waals surface area contributed by atoms with Gasteiger partial charge in [-0.25, -0.2) is 45.5 Å². The Morgan fingerprint density at radius 3 is 1.18 bits per heavy atom. The van der Waals surface area contributed by atoms with Crippen molar-refractivity contribution in [3.63, 3.8) is 0 Å². The number of isothiocyanates is 1. The van der Waals surface area contributed by atoms with Gasteiger partial charge in [0.25, 0.3) is 5.91 Å². The number of hydrogen-bond donors (Lipinski definition) is 13. The van der Waals surface area contributed by atoms with Crippen molar-refractivity contribution in [1.82, 2.24) is 59.7 Å². The Hall–Kier alpha value is -11.7. The quantitative estimate of drug-likeness (QED) is 0.00194. The fraction of sp³-hybridized carbons (Fsp3) is 0.485. The number of likely N-dealkylation sites (N-methyl/N-ethyl adjacent to an activating group) is 5. The minimum atomic E-state index is -0.555. The van der Waals surface area contributed by atoms with Crippen LogP contribution in [0.3, 0.4) is 0 Å². The lowest BCUT2D eigenvalue weighted by Crippen LogP contribution is -2.44. The highest BCUT2D eigenvalue weighted by molar-refractivity contribution is 7.80. The molecule has 33 nitrogen and oxygen atoms in total. The van der Waals surface area contributed by atoms with Crippen LogP contribution in [0.1, 0.15) is 165 Å². The van der Waals surface area contributed by atoms with Crippen molar-refractivity contribution in [1.29, 1.82) is 0 Å². The average Bonchev–Trinajstić information content (AvgIpc) is 1.64. The number of ether oxygens (including phenoxy) is 4. The predicted octanol–water partition coefficient (Wildman–Crippen LogP) is 15.6. The zero-order valence-corrected chi connectivity index (χ0v) is 87.1. The molecule has 0 fully saturated rings. The van der Waals surface area contributed by atoms with Crippen LogP contribution in [0.2, 0.25) is 0 Å². The summed E-state index contributed by atoms with van der Waals surface area (Å²) in [5.74, 6) is 3.20. The highest BCUT2D eigenvalue weighted by atomic mass is 32.1. The molecule has 1 amide bonds. The summed E-state index contributed by atoms with van der Waals surface area (Å²) in [6, 6.07) is 29.2. The largest absolute Gasteiger partial charge is 0.466 e. The summed E-state index contributed by atoms with van der Waals surface area (Å²) in [4.78, 5) is 83.1. The molecular weight excluding hydrogens is 1790 g/mol. The van der Waals surface area contributed by atoms with Gasteiger partial charge in [0.2, 0.25) is 11.9 Å². The number of hydrogen-bond acceptors (Lipinski definition) is 29. The van der Waals surface area contributed by atoms with Gasteiger partial charge in [-0.15, -0.1) is 12.8 Å². The first-order valence-corrected chi connectivity index (χ1v) is 48.3.